The van der Waals surface area contributed by atoms with Crippen molar-refractivity contribution in [2.45, 2.75) is 30.8 Å². The van der Waals surface area contributed by atoms with Crippen molar-refractivity contribution in [1.29, 1.82) is 0 Å². The van der Waals surface area contributed by atoms with Crippen LogP contribution in [-0.4, -0.2) is 56.4 Å². The van der Waals surface area contributed by atoms with Crippen LogP contribution in [0.4, 0.5) is 0 Å². The Bertz CT molecular complexity index is 313. The molecule has 2 aliphatic rings. The van der Waals surface area contributed by atoms with Crippen molar-refractivity contribution in [3.05, 3.63) is 0 Å². The minimum absolute atomic E-state index is 0.262. The minimum atomic E-state index is -1.04. The second-order valence-corrected chi connectivity index (χ2v) is 6.44. The van der Waals surface area contributed by atoms with Gasteiger partial charge in [0.15, 0.2) is 0 Å². The predicted molar refractivity (Wildman–Crippen MR) is 61.6 cm³/mol. The fraction of sp³-hybridized carbons (Fsp3) is 0.900. The van der Waals surface area contributed by atoms with E-state index in [9.17, 15) is 9.00 Å². The summed E-state index contributed by atoms with van der Waals surface area (Å²) in [6.07, 6.45) is 1.91. The van der Waals surface area contributed by atoms with Gasteiger partial charge in [-0.3, -0.25) is 13.9 Å². The lowest BCUT2D eigenvalue weighted by Gasteiger charge is -2.32. The summed E-state index contributed by atoms with van der Waals surface area (Å²) in [5.41, 5.74) is 4.80. The lowest BCUT2D eigenvalue weighted by atomic mass is 9.99. The van der Waals surface area contributed by atoms with E-state index in [1.54, 1.807) is 0 Å². The maximum absolute atomic E-state index is 11.2. The fourth-order valence-corrected chi connectivity index (χ4v) is 3.65. The Morgan fingerprint density at radius 2 is 2.06 bits per heavy atom. The quantitative estimate of drug-likeness (QED) is 0.679. The molecule has 2 atom stereocenters. The van der Waals surface area contributed by atoms with Gasteiger partial charge >= 0.3 is 5.97 Å². The number of aliphatic carboxylic acids is 1. The first-order chi connectivity index (χ1) is 7.51. The molecule has 2 rings (SSSR count). The summed E-state index contributed by atoms with van der Waals surface area (Å²) >= 11 is 0. The topological polar surface area (TPSA) is 83.6 Å². The van der Waals surface area contributed by atoms with Crippen LogP contribution < -0.4 is 5.73 Å². The molecular weight excluding hydrogens is 228 g/mol. The average Bonchev–Trinajstić information content (AvgIpc) is 2.63. The maximum atomic E-state index is 11.2. The molecule has 2 fully saturated rings. The summed E-state index contributed by atoms with van der Waals surface area (Å²) in [6, 6.07) is 0.262. The Morgan fingerprint density at radius 1 is 1.44 bits per heavy atom. The summed E-state index contributed by atoms with van der Waals surface area (Å²) < 4.78 is 11.2. The van der Waals surface area contributed by atoms with Crippen LogP contribution in [0.1, 0.15) is 19.3 Å². The van der Waals surface area contributed by atoms with Crippen molar-refractivity contribution in [1.82, 2.24) is 4.90 Å². The van der Waals surface area contributed by atoms with Crippen molar-refractivity contribution in [2.75, 3.05) is 24.6 Å². The molecular formula is C10H18N2O3S. The normalized spacial score (nSPS) is 37.7. The second-order valence-electron chi connectivity index (χ2n) is 4.74. The molecule has 1 saturated heterocycles. The number of nitrogens with zero attached hydrogens (tertiary/aromatic N) is 1. The summed E-state index contributed by atoms with van der Waals surface area (Å²) in [5, 5.41) is 9.04. The lowest BCUT2D eigenvalue weighted by Crippen LogP contribution is -2.49. The van der Waals surface area contributed by atoms with Crippen molar-refractivity contribution < 1.29 is 14.1 Å². The number of carbonyl (C=O) groups is 1. The van der Waals surface area contributed by atoms with E-state index in [1.807, 2.05) is 0 Å². The molecule has 0 amide bonds. The molecule has 0 spiro atoms. The number of carboxylic acids is 1. The van der Waals surface area contributed by atoms with E-state index in [0.717, 1.165) is 19.5 Å². The van der Waals surface area contributed by atoms with Gasteiger partial charge in [-0.05, 0) is 19.3 Å². The van der Waals surface area contributed by atoms with E-state index in [2.05, 4.69) is 4.90 Å². The molecule has 6 heteroatoms. The molecule has 16 heavy (non-hydrogen) atoms. The van der Waals surface area contributed by atoms with Crippen LogP contribution in [0.2, 0.25) is 0 Å². The molecule has 0 aromatic carbocycles. The van der Waals surface area contributed by atoms with E-state index in [-0.39, 0.29) is 6.04 Å². The Kier molecular flexibility index (Phi) is 3.32. The summed E-state index contributed by atoms with van der Waals surface area (Å²) in [7, 11) is -0.678. The summed E-state index contributed by atoms with van der Waals surface area (Å²) in [4.78, 5) is 13.3. The zero-order valence-electron chi connectivity index (χ0n) is 9.22. The third-order valence-electron chi connectivity index (χ3n) is 3.68. The Hall–Kier alpha value is -0.460. The standard InChI is InChI=1S/C10H18N2O3S/c11-10(9(13)14)2-1-8(7-10)12-3-5-16(15)6-4-12/h8H,1-7,11H2,(H,13,14). The average molecular weight is 246 g/mol. The minimum Gasteiger partial charge on any atom is -0.480 e. The van der Waals surface area contributed by atoms with Gasteiger partial charge in [0.25, 0.3) is 0 Å². The molecule has 3 N–H and O–H groups in total. The Morgan fingerprint density at radius 3 is 2.56 bits per heavy atom. The highest BCUT2D eigenvalue weighted by Gasteiger charge is 2.44. The number of rotatable bonds is 2. The molecule has 92 valence electrons. The monoisotopic (exact) mass is 246 g/mol. The first kappa shape index (κ1) is 12.0. The molecule has 0 radical (unpaired) electrons. The van der Waals surface area contributed by atoms with Gasteiger partial charge in [0, 0.05) is 41.4 Å². The van der Waals surface area contributed by atoms with Gasteiger partial charge in [-0.1, -0.05) is 0 Å². The second kappa shape index (κ2) is 4.43. The predicted octanol–water partition coefficient (Wildman–Crippen LogP) is -0.615. The van der Waals surface area contributed by atoms with Gasteiger partial charge in [-0.25, -0.2) is 0 Å². The number of carboxylic acid groups (broad SMARTS) is 1. The summed E-state index contributed by atoms with van der Waals surface area (Å²) in [5.74, 6) is 0.526. The first-order valence-electron chi connectivity index (χ1n) is 5.62. The van der Waals surface area contributed by atoms with Gasteiger partial charge in [0.05, 0.1) is 0 Å². The zero-order valence-corrected chi connectivity index (χ0v) is 10.0. The van der Waals surface area contributed by atoms with Gasteiger partial charge in [-0.15, -0.1) is 0 Å². The number of hydrogen-bond acceptors (Lipinski definition) is 4. The van der Waals surface area contributed by atoms with Crippen LogP contribution in [-0.2, 0) is 15.6 Å². The molecule has 0 bridgehead atoms. The number of nitrogens with two attached hydrogens (primary N) is 1. The highest BCUT2D eigenvalue weighted by atomic mass is 32.2. The molecule has 5 nitrogen and oxygen atoms in total. The van der Waals surface area contributed by atoms with Crippen molar-refractivity contribution in [3.8, 4) is 0 Å². The van der Waals surface area contributed by atoms with Crippen LogP contribution >= 0.6 is 0 Å². The largest absolute Gasteiger partial charge is 0.480 e. The van der Waals surface area contributed by atoms with Crippen LogP contribution in [0.25, 0.3) is 0 Å². The van der Waals surface area contributed by atoms with Gasteiger partial charge in [0.1, 0.15) is 5.54 Å². The van der Waals surface area contributed by atoms with Crippen molar-refractivity contribution >= 4 is 16.8 Å². The smallest absolute Gasteiger partial charge is 0.323 e. The SMILES string of the molecule is NC1(C(=O)O)CCC(N2CCS(=O)CC2)C1. The third-order valence-corrected chi connectivity index (χ3v) is 4.95. The molecule has 1 aliphatic heterocycles. The van der Waals surface area contributed by atoms with E-state index < -0.39 is 22.3 Å². The van der Waals surface area contributed by atoms with Gasteiger partial charge in [0.2, 0.25) is 0 Å². The highest BCUT2D eigenvalue weighted by Crippen LogP contribution is 2.31. The third kappa shape index (κ3) is 2.28. The van der Waals surface area contributed by atoms with E-state index >= 15 is 0 Å². The first-order valence-corrected chi connectivity index (χ1v) is 7.11. The van der Waals surface area contributed by atoms with Crippen LogP contribution in [0, 0.1) is 0 Å². The molecule has 1 saturated carbocycles. The molecule has 0 aromatic heterocycles. The molecule has 1 aliphatic carbocycles. The van der Waals surface area contributed by atoms with Crippen LogP contribution in [0.15, 0.2) is 0 Å². The maximum Gasteiger partial charge on any atom is 0.323 e. The van der Waals surface area contributed by atoms with Crippen LogP contribution in [0.5, 0.6) is 0 Å². The van der Waals surface area contributed by atoms with E-state index in [0.29, 0.717) is 24.3 Å². The molecule has 0 aromatic rings. The molecule has 2 unspecified atom stereocenters. The fourth-order valence-electron chi connectivity index (χ4n) is 2.57. The summed E-state index contributed by atoms with van der Waals surface area (Å²) in [6.45, 7) is 1.62. The highest BCUT2D eigenvalue weighted by molar-refractivity contribution is 7.85. The van der Waals surface area contributed by atoms with Gasteiger partial charge in [-0.2, -0.15) is 0 Å². The molecule has 1 heterocycles. The Labute approximate surface area is 97.4 Å². The van der Waals surface area contributed by atoms with Gasteiger partial charge < -0.3 is 10.8 Å². The van der Waals surface area contributed by atoms with Crippen molar-refractivity contribution in [3.63, 3.8) is 0 Å². The number of hydrogen-bond donors (Lipinski definition) is 2. The van der Waals surface area contributed by atoms with Crippen molar-refractivity contribution in [2.24, 2.45) is 5.73 Å². The van der Waals surface area contributed by atoms with Crippen LogP contribution in [0.3, 0.4) is 0 Å². The van der Waals surface area contributed by atoms with E-state index in [1.165, 1.54) is 0 Å². The zero-order chi connectivity index (χ0) is 11.8. The lowest BCUT2D eigenvalue weighted by molar-refractivity contribution is -0.143. The van der Waals surface area contributed by atoms with E-state index in [4.69, 9.17) is 10.8 Å². The Balaban J connectivity index is 1.94.